The van der Waals surface area contributed by atoms with Crippen LogP contribution in [0.2, 0.25) is 0 Å². The second kappa shape index (κ2) is 11.4. The number of aromatic nitrogens is 2. The van der Waals surface area contributed by atoms with E-state index in [4.69, 9.17) is 9.97 Å². The van der Waals surface area contributed by atoms with Gasteiger partial charge in [0, 0.05) is 56.0 Å². The minimum atomic E-state index is -0.329. The topological polar surface area (TPSA) is 52.5 Å². The summed E-state index contributed by atoms with van der Waals surface area (Å²) in [5, 5.41) is 10.3. The predicted octanol–water partition coefficient (Wildman–Crippen LogP) is 4.63. The van der Waals surface area contributed by atoms with Crippen molar-refractivity contribution in [3.63, 3.8) is 0 Å². The molecule has 2 aromatic carbocycles. The molecule has 0 bridgehead atoms. The van der Waals surface area contributed by atoms with E-state index in [1.54, 1.807) is 0 Å². The lowest BCUT2D eigenvalue weighted by atomic mass is 10.0. The van der Waals surface area contributed by atoms with Gasteiger partial charge in [0.25, 0.3) is 0 Å². The quantitative estimate of drug-likeness (QED) is 0.472. The number of piperazine rings is 1. The van der Waals surface area contributed by atoms with Crippen LogP contribution in [0.5, 0.6) is 0 Å². The zero-order valence-electron chi connectivity index (χ0n) is 19.8. The number of rotatable bonds is 9. The minimum absolute atomic E-state index is 0.234. The van der Waals surface area contributed by atoms with Crippen LogP contribution in [-0.2, 0) is 6.42 Å². The van der Waals surface area contributed by atoms with E-state index in [1.165, 1.54) is 12.1 Å². The molecule has 4 rings (SSSR count). The van der Waals surface area contributed by atoms with Crippen LogP contribution in [0.4, 0.5) is 10.2 Å². The second-order valence-corrected chi connectivity index (χ2v) is 8.91. The number of halogens is 1. The van der Waals surface area contributed by atoms with Gasteiger partial charge in [-0.15, -0.1) is 6.58 Å². The lowest BCUT2D eigenvalue weighted by molar-refractivity contribution is 0.103. The first-order valence-corrected chi connectivity index (χ1v) is 12.0. The largest absolute Gasteiger partial charge is 0.392 e. The number of aliphatic hydroxyl groups excluding tert-OH is 1. The molecule has 1 N–H and O–H groups in total. The van der Waals surface area contributed by atoms with E-state index in [0.29, 0.717) is 13.0 Å². The van der Waals surface area contributed by atoms with Crippen LogP contribution in [0.15, 0.2) is 67.3 Å². The van der Waals surface area contributed by atoms with E-state index >= 15 is 0 Å². The van der Waals surface area contributed by atoms with Gasteiger partial charge in [0.1, 0.15) is 11.6 Å². The molecule has 1 aromatic heterocycles. The summed E-state index contributed by atoms with van der Waals surface area (Å²) in [5.74, 6) is 1.43. The van der Waals surface area contributed by atoms with Gasteiger partial charge in [0.2, 0.25) is 0 Å². The monoisotopic (exact) mass is 460 g/mol. The lowest BCUT2D eigenvalue weighted by Crippen LogP contribution is -2.49. The molecular formula is C28H33FN4O. The number of aliphatic hydroxyl groups is 1. The molecule has 1 atom stereocenters. The smallest absolute Gasteiger partial charge is 0.161 e. The predicted molar refractivity (Wildman–Crippen MR) is 136 cm³/mol. The molecule has 1 unspecified atom stereocenters. The molecular weight excluding hydrogens is 427 g/mol. The molecule has 0 aliphatic carbocycles. The highest BCUT2D eigenvalue weighted by atomic mass is 19.1. The van der Waals surface area contributed by atoms with Gasteiger partial charge in [-0.3, -0.25) is 4.90 Å². The molecule has 1 aliphatic heterocycles. The zero-order chi connectivity index (χ0) is 23.9. The van der Waals surface area contributed by atoms with Crippen LogP contribution in [0.1, 0.15) is 29.7 Å². The van der Waals surface area contributed by atoms with Crippen molar-refractivity contribution >= 4 is 5.82 Å². The summed E-state index contributed by atoms with van der Waals surface area (Å²) in [5.41, 5.74) is 4.04. The van der Waals surface area contributed by atoms with Gasteiger partial charge in [-0.1, -0.05) is 48.5 Å². The summed E-state index contributed by atoms with van der Waals surface area (Å²) >= 11 is 0. The molecule has 1 saturated heterocycles. The Bertz CT molecular complexity index is 1080. The van der Waals surface area contributed by atoms with Crippen molar-refractivity contribution in [3.8, 4) is 11.4 Å². The van der Waals surface area contributed by atoms with Gasteiger partial charge in [-0.2, -0.15) is 0 Å². The Hall–Kier alpha value is -3.09. The average Bonchev–Trinajstić information content (AvgIpc) is 2.86. The van der Waals surface area contributed by atoms with Gasteiger partial charge in [0.15, 0.2) is 5.82 Å². The van der Waals surface area contributed by atoms with Crippen molar-refractivity contribution in [1.29, 1.82) is 0 Å². The van der Waals surface area contributed by atoms with E-state index in [1.807, 2.05) is 55.5 Å². The first-order chi connectivity index (χ1) is 16.5. The molecule has 2 heterocycles. The minimum Gasteiger partial charge on any atom is -0.392 e. The summed E-state index contributed by atoms with van der Waals surface area (Å²) < 4.78 is 13.5. The molecule has 0 amide bonds. The van der Waals surface area contributed by atoms with Crippen molar-refractivity contribution in [3.05, 3.63) is 89.9 Å². The van der Waals surface area contributed by atoms with Gasteiger partial charge < -0.3 is 10.0 Å². The fourth-order valence-electron chi connectivity index (χ4n) is 4.41. The van der Waals surface area contributed by atoms with Crippen molar-refractivity contribution in [2.24, 2.45) is 0 Å². The standard InChI is InChI=1S/C28H33FN4O/c1-3-4-10-25(34)20-32-15-17-33(18-16-32)28-26(19-22-11-13-24(29)14-12-22)21(2)30-27(31-28)23-8-6-5-7-9-23/h3,5-9,11-14,25,34H,1,4,10,15-20H2,2H3. The molecule has 6 heteroatoms. The number of anilines is 1. The summed E-state index contributed by atoms with van der Waals surface area (Å²) in [4.78, 5) is 14.5. The number of hydrogen-bond acceptors (Lipinski definition) is 5. The molecule has 34 heavy (non-hydrogen) atoms. The molecule has 178 valence electrons. The van der Waals surface area contributed by atoms with Crippen LogP contribution >= 0.6 is 0 Å². The highest BCUT2D eigenvalue weighted by Crippen LogP contribution is 2.28. The molecule has 3 aromatic rings. The Morgan fingerprint density at radius 1 is 1.03 bits per heavy atom. The third-order valence-corrected chi connectivity index (χ3v) is 6.36. The summed E-state index contributed by atoms with van der Waals surface area (Å²) in [6.07, 6.45) is 3.75. The van der Waals surface area contributed by atoms with Crippen LogP contribution in [0.3, 0.4) is 0 Å². The molecule has 0 saturated carbocycles. The van der Waals surface area contributed by atoms with Crippen molar-refractivity contribution < 1.29 is 9.50 Å². The molecule has 1 fully saturated rings. The molecule has 0 radical (unpaired) electrons. The second-order valence-electron chi connectivity index (χ2n) is 8.91. The lowest BCUT2D eigenvalue weighted by Gasteiger charge is -2.37. The van der Waals surface area contributed by atoms with Crippen molar-refractivity contribution in [2.45, 2.75) is 32.3 Å². The number of allylic oxidation sites excluding steroid dienone is 1. The highest BCUT2D eigenvalue weighted by Gasteiger charge is 2.24. The number of nitrogens with zero attached hydrogens (tertiary/aromatic N) is 4. The van der Waals surface area contributed by atoms with Gasteiger partial charge in [0.05, 0.1) is 6.10 Å². The number of β-amino-alcohol motifs (C(OH)–C–C–N with tert-alkyl or cyclic N) is 1. The number of aryl methyl sites for hydroxylation is 1. The Balaban J connectivity index is 1.58. The average molecular weight is 461 g/mol. The first-order valence-electron chi connectivity index (χ1n) is 12.0. The van der Waals surface area contributed by atoms with Crippen LogP contribution in [0.25, 0.3) is 11.4 Å². The van der Waals surface area contributed by atoms with Crippen LogP contribution in [-0.4, -0.2) is 58.8 Å². The van der Waals surface area contributed by atoms with Crippen molar-refractivity contribution in [1.82, 2.24) is 14.9 Å². The maximum atomic E-state index is 13.5. The van der Waals surface area contributed by atoms with Crippen LogP contribution in [0, 0.1) is 12.7 Å². The Morgan fingerprint density at radius 3 is 2.41 bits per heavy atom. The zero-order valence-corrected chi connectivity index (χ0v) is 19.8. The maximum Gasteiger partial charge on any atom is 0.161 e. The maximum absolute atomic E-state index is 13.5. The van der Waals surface area contributed by atoms with E-state index in [9.17, 15) is 9.50 Å². The van der Waals surface area contributed by atoms with Crippen molar-refractivity contribution in [2.75, 3.05) is 37.6 Å². The molecule has 0 spiro atoms. The van der Waals surface area contributed by atoms with Gasteiger partial charge in [-0.05, 0) is 37.5 Å². The van der Waals surface area contributed by atoms with Crippen LogP contribution < -0.4 is 4.90 Å². The Morgan fingerprint density at radius 2 is 1.74 bits per heavy atom. The van der Waals surface area contributed by atoms with Gasteiger partial charge >= 0.3 is 0 Å². The highest BCUT2D eigenvalue weighted by molar-refractivity contribution is 5.61. The normalized spacial score (nSPS) is 15.3. The summed E-state index contributed by atoms with van der Waals surface area (Å²) in [6, 6.07) is 16.7. The Labute approximate surface area is 201 Å². The SMILES string of the molecule is C=CCCC(O)CN1CCN(c2nc(-c3ccccc3)nc(C)c2Cc2ccc(F)cc2)CC1. The number of benzene rings is 2. The molecule has 1 aliphatic rings. The summed E-state index contributed by atoms with van der Waals surface area (Å²) in [6.45, 7) is 9.84. The number of hydrogen-bond donors (Lipinski definition) is 1. The third-order valence-electron chi connectivity index (χ3n) is 6.36. The first kappa shape index (κ1) is 24.0. The summed E-state index contributed by atoms with van der Waals surface area (Å²) in [7, 11) is 0. The van der Waals surface area contributed by atoms with E-state index in [2.05, 4.69) is 16.4 Å². The fourth-order valence-corrected chi connectivity index (χ4v) is 4.41. The van der Waals surface area contributed by atoms with E-state index in [0.717, 1.165) is 73.0 Å². The molecule has 5 nitrogen and oxygen atoms in total. The van der Waals surface area contributed by atoms with E-state index in [-0.39, 0.29) is 11.9 Å². The fraction of sp³-hybridized carbons (Fsp3) is 0.357. The third kappa shape index (κ3) is 6.07. The van der Waals surface area contributed by atoms with Gasteiger partial charge in [-0.25, -0.2) is 14.4 Å². The van der Waals surface area contributed by atoms with E-state index < -0.39 is 0 Å². The Kier molecular flexibility index (Phi) is 8.03.